The molecular weight excluding hydrogens is 425 g/mol. The Morgan fingerprint density at radius 2 is 1.67 bits per heavy atom. The normalized spacial score (nSPS) is 16.3. The molecule has 1 N–H and O–H groups in total. The summed E-state index contributed by atoms with van der Waals surface area (Å²) in [6, 6.07) is 13.0. The van der Waals surface area contributed by atoms with Crippen molar-refractivity contribution in [3.05, 3.63) is 86.4 Å². The van der Waals surface area contributed by atoms with E-state index in [0.717, 1.165) is 22.5 Å². The van der Waals surface area contributed by atoms with Gasteiger partial charge in [0.15, 0.2) is 0 Å². The zero-order valence-corrected chi connectivity index (χ0v) is 18.7. The van der Waals surface area contributed by atoms with Crippen molar-refractivity contribution < 1.29 is 19.0 Å². The molecule has 1 heterocycles. The summed E-state index contributed by atoms with van der Waals surface area (Å²) in [5.74, 6) is 0.798. The molecule has 0 aliphatic carbocycles. The number of dihydropyridines is 1. The summed E-state index contributed by atoms with van der Waals surface area (Å²) in [4.78, 5) is 11.9. The van der Waals surface area contributed by atoms with Crippen molar-refractivity contribution in [3.8, 4) is 5.75 Å². The third-order valence-electron chi connectivity index (χ3n) is 5.05. The van der Waals surface area contributed by atoms with Gasteiger partial charge in [-0.2, -0.15) is 0 Å². The van der Waals surface area contributed by atoms with Crippen molar-refractivity contribution in [1.29, 1.82) is 0 Å². The summed E-state index contributed by atoms with van der Waals surface area (Å²) in [5.41, 5.74) is 4.29. The molecule has 2 aromatic rings. The van der Waals surface area contributed by atoms with E-state index in [0.29, 0.717) is 27.1 Å². The van der Waals surface area contributed by atoms with Crippen LogP contribution in [0.25, 0.3) is 0 Å². The summed E-state index contributed by atoms with van der Waals surface area (Å²) >= 11 is 12.6. The van der Waals surface area contributed by atoms with E-state index in [1.54, 1.807) is 18.2 Å². The highest BCUT2D eigenvalue weighted by Gasteiger charge is 2.32. The Labute approximate surface area is 186 Å². The second-order valence-corrected chi connectivity index (χ2v) is 7.75. The van der Waals surface area contributed by atoms with Crippen molar-refractivity contribution in [1.82, 2.24) is 5.32 Å². The van der Waals surface area contributed by atoms with Crippen molar-refractivity contribution >= 4 is 29.4 Å². The third kappa shape index (κ3) is 4.58. The predicted molar refractivity (Wildman–Crippen MR) is 118 cm³/mol. The van der Waals surface area contributed by atoms with Gasteiger partial charge in [-0.1, -0.05) is 47.5 Å². The highest BCUT2D eigenvalue weighted by molar-refractivity contribution is 6.35. The Kier molecular flexibility index (Phi) is 6.95. The minimum absolute atomic E-state index is 0.206. The van der Waals surface area contributed by atoms with Crippen LogP contribution < -0.4 is 10.1 Å². The van der Waals surface area contributed by atoms with Crippen molar-refractivity contribution in [2.45, 2.75) is 33.3 Å². The molecule has 0 amide bonds. The van der Waals surface area contributed by atoms with Crippen LogP contribution in [-0.2, 0) is 16.1 Å². The molecule has 1 unspecified atom stereocenters. The molecule has 1 atom stereocenters. The molecule has 0 saturated heterocycles. The van der Waals surface area contributed by atoms with Crippen LogP contribution in [0.5, 0.6) is 5.75 Å². The van der Waals surface area contributed by atoms with Crippen LogP contribution in [0.4, 0.5) is 4.79 Å². The van der Waals surface area contributed by atoms with Gasteiger partial charge >= 0.3 is 6.16 Å². The molecule has 1 aliphatic heterocycles. The van der Waals surface area contributed by atoms with Gasteiger partial charge in [-0.05, 0) is 44.5 Å². The van der Waals surface area contributed by atoms with Crippen molar-refractivity contribution in [2.75, 3.05) is 7.11 Å². The Bertz CT molecular complexity index is 1010. The Balaban J connectivity index is 1.99. The molecule has 3 rings (SSSR count). The minimum Gasteiger partial charge on any atom is -0.488 e. The summed E-state index contributed by atoms with van der Waals surface area (Å²) in [6.07, 6.45) is -0.773. The van der Waals surface area contributed by atoms with Gasteiger partial charge in [0.1, 0.15) is 18.1 Å². The van der Waals surface area contributed by atoms with E-state index in [9.17, 15) is 4.79 Å². The SMILES string of the molecule is COC(=O)OC1=C(C)NC(C)=C(C)C1c1ccccc1OCc1c(Cl)cccc1Cl. The minimum atomic E-state index is -0.773. The molecule has 30 heavy (non-hydrogen) atoms. The number of para-hydroxylation sites is 1. The summed E-state index contributed by atoms with van der Waals surface area (Å²) in [6.45, 7) is 6.03. The first-order chi connectivity index (χ1) is 14.3. The van der Waals surface area contributed by atoms with Crippen LogP contribution in [0.3, 0.4) is 0 Å². The van der Waals surface area contributed by atoms with Gasteiger partial charge < -0.3 is 19.5 Å². The van der Waals surface area contributed by atoms with E-state index in [4.69, 9.17) is 37.4 Å². The molecule has 1 aliphatic rings. The van der Waals surface area contributed by atoms with Crippen LogP contribution in [-0.4, -0.2) is 13.3 Å². The maximum absolute atomic E-state index is 11.9. The average Bonchev–Trinajstić information content (AvgIpc) is 2.72. The summed E-state index contributed by atoms with van der Waals surface area (Å²) in [5, 5.41) is 4.33. The van der Waals surface area contributed by atoms with E-state index in [1.165, 1.54) is 7.11 Å². The molecule has 158 valence electrons. The molecule has 0 radical (unpaired) electrons. The highest BCUT2D eigenvalue weighted by Crippen LogP contribution is 2.42. The molecule has 7 heteroatoms. The van der Waals surface area contributed by atoms with Crippen LogP contribution in [0.15, 0.2) is 65.2 Å². The molecule has 0 aromatic heterocycles. The zero-order chi connectivity index (χ0) is 21.8. The third-order valence-corrected chi connectivity index (χ3v) is 5.76. The Hall–Kier alpha value is -2.63. The number of allylic oxidation sites excluding steroid dienone is 3. The van der Waals surface area contributed by atoms with Crippen molar-refractivity contribution in [3.63, 3.8) is 0 Å². The number of hydrogen-bond donors (Lipinski definition) is 1. The van der Waals surface area contributed by atoms with Crippen LogP contribution in [0, 0.1) is 0 Å². The average molecular weight is 448 g/mol. The molecule has 5 nitrogen and oxygen atoms in total. The number of methoxy groups -OCH3 is 1. The van der Waals surface area contributed by atoms with E-state index in [2.05, 4.69) is 5.32 Å². The Morgan fingerprint density at radius 3 is 2.33 bits per heavy atom. The lowest BCUT2D eigenvalue weighted by Crippen LogP contribution is -2.26. The lowest BCUT2D eigenvalue weighted by molar-refractivity contribution is 0.0919. The monoisotopic (exact) mass is 447 g/mol. The highest BCUT2D eigenvalue weighted by atomic mass is 35.5. The second kappa shape index (κ2) is 9.45. The number of hydrogen-bond acceptors (Lipinski definition) is 5. The first-order valence-electron chi connectivity index (χ1n) is 9.39. The first-order valence-corrected chi connectivity index (χ1v) is 10.1. The topological polar surface area (TPSA) is 56.8 Å². The largest absolute Gasteiger partial charge is 0.513 e. The van der Waals surface area contributed by atoms with Gasteiger partial charge in [0.05, 0.1) is 18.7 Å². The molecular formula is C23H23Cl2NO4. The molecule has 0 spiro atoms. The standard InChI is InChI=1S/C23H23Cl2NO4/c1-13-14(2)26-15(3)22(30-23(27)28-4)21(13)16-8-5-6-11-20(16)29-12-17-18(24)9-7-10-19(17)25/h5-11,21,26H,12H2,1-4H3. The second-order valence-electron chi connectivity index (χ2n) is 6.94. The van der Waals surface area contributed by atoms with Gasteiger partial charge in [-0.25, -0.2) is 4.79 Å². The van der Waals surface area contributed by atoms with Crippen LogP contribution in [0.2, 0.25) is 10.0 Å². The number of rotatable bonds is 5. The quantitative estimate of drug-likeness (QED) is 0.525. The van der Waals surface area contributed by atoms with Crippen LogP contribution >= 0.6 is 23.2 Å². The van der Waals surface area contributed by atoms with Gasteiger partial charge in [-0.3, -0.25) is 0 Å². The van der Waals surface area contributed by atoms with E-state index in [-0.39, 0.29) is 12.5 Å². The fourth-order valence-corrected chi connectivity index (χ4v) is 3.89. The maximum Gasteiger partial charge on any atom is 0.513 e. The maximum atomic E-state index is 11.9. The van der Waals surface area contributed by atoms with Gasteiger partial charge in [-0.15, -0.1) is 0 Å². The lowest BCUT2D eigenvalue weighted by atomic mass is 9.85. The smallest absolute Gasteiger partial charge is 0.488 e. The van der Waals surface area contributed by atoms with Gasteiger partial charge in [0.25, 0.3) is 0 Å². The van der Waals surface area contributed by atoms with E-state index < -0.39 is 6.16 Å². The Morgan fingerprint density at radius 1 is 1.00 bits per heavy atom. The van der Waals surface area contributed by atoms with E-state index in [1.807, 2.05) is 45.0 Å². The number of carbonyl (C=O) groups excluding carboxylic acids is 1. The zero-order valence-electron chi connectivity index (χ0n) is 17.2. The van der Waals surface area contributed by atoms with E-state index >= 15 is 0 Å². The van der Waals surface area contributed by atoms with Crippen LogP contribution in [0.1, 0.15) is 37.8 Å². The fourth-order valence-electron chi connectivity index (χ4n) is 3.38. The number of ether oxygens (including phenoxy) is 3. The molecule has 2 aromatic carbocycles. The molecule has 0 bridgehead atoms. The summed E-state index contributed by atoms with van der Waals surface area (Å²) in [7, 11) is 1.28. The van der Waals surface area contributed by atoms with Crippen molar-refractivity contribution in [2.24, 2.45) is 0 Å². The summed E-state index contributed by atoms with van der Waals surface area (Å²) < 4.78 is 16.4. The predicted octanol–water partition coefficient (Wildman–Crippen LogP) is 6.57. The van der Waals surface area contributed by atoms with Gasteiger partial charge in [0, 0.05) is 26.9 Å². The number of benzene rings is 2. The number of nitrogens with one attached hydrogen (secondary N) is 1. The van der Waals surface area contributed by atoms with Gasteiger partial charge in [0.2, 0.25) is 0 Å². The number of carbonyl (C=O) groups is 1. The number of halogens is 2. The molecule has 0 saturated carbocycles. The first kappa shape index (κ1) is 22.1. The lowest BCUT2D eigenvalue weighted by Gasteiger charge is -2.30. The molecule has 0 fully saturated rings. The fraction of sp³-hybridized carbons (Fsp3) is 0.261.